The molecule has 0 fully saturated rings. The van der Waals surface area contributed by atoms with Crippen LogP contribution in [-0.2, 0) is 6.54 Å². The maximum Gasteiger partial charge on any atom is 0.254 e. The van der Waals surface area contributed by atoms with Crippen molar-refractivity contribution in [2.24, 2.45) is 0 Å². The lowest BCUT2D eigenvalue weighted by Gasteiger charge is -2.05. The fourth-order valence-corrected chi connectivity index (χ4v) is 2.06. The number of nitrogens with zero attached hydrogens (tertiary/aromatic N) is 2. The third-order valence-electron chi connectivity index (χ3n) is 3.01. The van der Waals surface area contributed by atoms with Gasteiger partial charge in [0.05, 0.1) is 17.8 Å². The molecule has 1 N–H and O–H groups in total. The Hall–Kier alpha value is -2.10. The minimum absolute atomic E-state index is 0.0793. The van der Waals surface area contributed by atoms with Gasteiger partial charge in [-0.2, -0.15) is 5.10 Å². The van der Waals surface area contributed by atoms with E-state index in [0.717, 1.165) is 11.4 Å². The molecule has 4 nitrogen and oxygen atoms in total. The van der Waals surface area contributed by atoms with Crippen LogP contribution in [-0.4, -0.2) is 22.7 Å². The summed E-state index contributed by atoms with van der Waals surface area (Å²) in [5, 5.41) is 7.08. The molecular formula is C14H17N3O. The number of hydrogen-bond donors (Lipinski definition) is 1. The molecular weight excluding hydrogens is 226 g/mol. The van der Waals surface area contributed by atoms with Gasteiger partial charge in [0.1, 0.15) is 0 Å². The topological polar surface area (TPSA) is 46.9 Å². The van der Waals surface area contributed by atoms with Gasteiger partial charge in [-0.1, -0.05) is 30.3 Å². The first kappa shape index (κ1) is 12.4. The predicted octanol–water partition coefficient (Wildman–Crippen LogP) is 1.91. The largest absolute Gasteiger partial charge is 0.355 e. The maximum atomic E-state index is 11.8. The second kappa shape index (κ2) is 5.04. The van der Waals surface area contributed by atoms with E-state index in [4.69, 9.17) is 0 Å². The lowest BCUT2D eigenvalue weighted by atomic mass is 10.2. The van der Waals surface area contributed by atoms with E-state index < -0.39 is 0 Å². The number of aryl methyl sites for hydroxylation is 1. The van der Waals surface area contributed by atoms with Crippen molar-refractivity contribution < 1.29 is 4.79 Å². The third kappa shape index (κ3) is 2.27. The predicted molar refractivity (Wildman–Crippen MR) is 70.6 cm³/mol. The van der Waals surface area contributed by atoms with Crippen LogP contribution in [0, 0.1) is 13.8 Å². The van der Waals surface area contributed by atoms with Crippen LogP contribution in [0.15, 0.2) is 30.3 Å². The summed E-state index contributed by atoms with van der Waals surface area (Å²) in [5.41, 5.74) is 3.51. The molecule has 1 aromatic heterocycles. The van der Waals surface area contributed by atoms with Crippen LogP contribution < -0.4 is 5.32 Å². The number of amides is 1. The Morgan fingerprint density at radius 2 is 1.94 bits per heavy atom. The fourth-order valence-electron chi connectivity index (χ4n) is 2.06. The third-order valence-corrected chi connectivity index (χ3v) is 3.01. The summed E-state index contributed by atoms with van der Waals surface area (Å²) in [5.74, 6) is -0.0793. The van der Waals surface area contributed by atoms with Crippen LogP contribution in [0.5, 0.6) is 0 Å². The summed E-state index contributed by atoms with van der Waals surface area (Å²) in [4.78, 5) is 11.8. The summed E-state index contributed by atoms with van der Waals surface area (Å²) in [7, 11) is 1.63. The molecule has 2 aromatic rings. The Bertz CT molecular complexity index is 558. The van der Waals surface area contributed by atoms with Crippen molar-refractivity contribution in [2.45, 2.75) is 20.4 Å². The van der Waals surface area contributed by atoms with Crippen LogP contribution in [0.3, 0.4) is 0 Å². The molecule has 0 atom stereocenters. The van der Waals surface area contributed by atoms with Gasteiger partial charge in [0.25, 0.3) is 5.91 Å². The highest BCUT2D eigenvalue weighted by molar-refractivity contribution is 5.96. The molecule has 4 heteroatoms. The van der Waals surface area contributed by atoms with Crippen molar-refractivity contribution in [1.29, 1.82) is 0 Å². The highest BCUT2D eigenvalue weighted by atomic mass is 16.1. The quantitative estimate of drug-likeness (QED) is 0.895. The van der Waals surface area contributed by atoms with Crippen molar-refractivity contribution in [1.82, 2.24) is 15.1 Å². The number of aromatic nitrogens is 2. The number of carbonyl (C=O) groups is 1. The van der Waals surface area contributed by atoms with Crippen LogP contribution in [0.4, 0.5) is 0 Å². The average molecular weight is 243 g/mol. The molecule has 18 heavy (non-hydrogen) atoms. The number of hydrogen-bond acceptors (Lipinski definition) is 2. The smallest absolute Gasteiger partial charge is 0.254 e. The summed E-state index contributed by atoms with van der Waals surface area (Å²) in [6.07, 6.45) is 0. The molecule has 0 bridgehead atoms. The molecule has 1 aromatic carbocycles. The van der Waals surface area contributed by atoms with E-state index in [-0.39, 0.29) is 5.91 Å². The van der Waals surface area contributed by atoms with Gasteiger partial charge in [-0.15, -0.1) is 0 Å². The van der Waals surface area contributed by atoms with Gasteiger partial charge >= 0.3 is 0 Å². The van der Waals surface area contributed by atoms with Crippen LogP contribution >= 0.6 is 0 Å². The first-order valence-electron chi connectivity index (χ1n) is 5.93. The van der Waals surface area contributed by atoms with E-state index in [1.807, 2.05) is 36.7 Å². The Morgan fingerprint density at radius 3 is 2.56 bits per heavy atom. The minimum Gasteiger partial charge on any atom is -0.355 e. The summed E-state index contributed by atoms with van der Waals surface area (Å²) >= 11 is 0. The van der Waals surface area contributed by atoms with Crippen molar-refractivity contribution in [2.75, 3.05) is 7.05 Å². The number of rotatable bonds is 3. The Labute approximate surface area is 107 Å². The van der Waals surface area contributed by atoms with Gasteiger partial charge in [-0.25, -0.2) is 0 Å². The summed E-state index contributed by atoms with van der Waals surface area (Å²) in [6, 6.07) is 10.1. The molecule has 2 rings (SSSR count). The van der Waals surface area contributed by atoms with Gasteiger partial charge in [0, 0.05) is 12.7 Å². The van der Waals surface area contributed by atoms with Crippen molar-refractivity contribution >= 4 is 5.91 Å². The first-order valence-corrected chi connectivity index (χ1v) is 5.93. The van der Waals surface area contributed by atoms with Crippen LogP contribution in [0.2, 0.25) is 0 Å². The monoisotopic (exact) mass is 243 g/mol. The average Bonchev–Trinajstić information content (AvgIpc) is 2.65. The van der Waals surface area contributed by atoms with Gasteiger partial charge in [0.2, 0.25) is 0 Å². The number of nitrogens with one attached hydrogen (secondary N) is 1. The van der Waals surface area contributed by atoms with E-state index in [1.54, 1.807) is 7.05 Å². The van der Waals surface area contributed by atoms with E-state index in [9.17, 15) is 4.79 Å². The molecule has 1 amide bonds. The molecule has 94 valence electrons. The summed E-state index contributed by atoms with van der Waals surface area (Å²) < 4.78 is 1.87. The fraction of sp³-hybridized carbons (Fsp3) is 0.286. The Morgan fingerprint density at radius 1 is 1.28 bits per heavy atom. The maximum absolute atomic E-state index is 11.8. The highest BCUT2D eigenvalue weighted by Crippen LogP contribution is 2.14. The van der Waals surface area contributed by atoms with Crippen LogP contribution in [0.25, 0.3) is 0 Å². The SMILES string of the molecule is CNC(=O)c1c(C)nn(Cc2ccccc2)c1C. The molecule has 1 heterocycles. The second-order valence-corrected chi connectivity index (χ2v) is 4.27. The van der Waals surface area contributed by atoms with Crippen molar-refractivity contribution in [3.8, 4) is 0 Å². The van der Waals surface area contributed by atoms with Gasteiger partial charge < -0.3 is 5.32 Å². The number of benzene rings is 1. The molecule has 0 unspecified atom stereocenters. The zero-order valence-electron chi connectivity index (χ0n) is 10.9. The zero-order valence-corrected chi connectivity index (χ0v) is 10.9. The van der Waals surface area contributed by atoms with E-state index in [2.05, 4.69) is 22.5 Å². The molecule has 0 saturated carbocycles. The lowest BCUT2D eigenvalue weighted by molar-refractivity contribution is 0.0962. The zero-order chi connectivity index (χ0) is 13.1. The van der Waals surface area contributed by atoms with Gasteiger partial charge in [-0.05, 0) is 19.4 Å². The molecule has 0 aliphatic heterocycles. The highest BCUT2D eigenvalue weighted by Gasteiger charge is 2.17. The second-order valence-electron chi connectivity index (χ2n) is 4.27. The first-order chi connectivity index (χ1) is 8.63. The van der Waals surface area contributed by atoms with Crippen molar-refractivity contribution in [3.05, 3.63) is 52.8 Å². The molecule has 0 spiro atoms. The standard InChI is InChI=1S/C14H17N3O/c1-10-13(14(18)15-3)11(2)17(16-10)9-12-7-5-4-6-8-12/h4-8H,9H2,1-3H3,(H,15,18). The molecule has 0 aliphatic carbocycles. The van der Waals surface area contributed by atoms with E-state index in [1.165, 1.54) is 5.56 Å². The van der Waals surface area contributed by atoms with Crippen molar-refractivity contribution in [3.63, 3.8) is 0 Å². The van der Waals surface area contributed by atoms with Gasteiger partial charge in [-0.3, -0.25) is 9.48 Å². The summed E-state index contributed by atoms with van der Waals surface area (Å²) in [6.45, 7) is 4.47. The van der Waals surface area contributed by atoms with Gasteiger partial charge in [0.15, 0.2) is 0 Å². The van der Waals surface area contributed by atoms with E-state index in [0.29, 0.717) is 12.1 Å². The molecule has 0 radical (unpaired) electrons. The Kier molecular flexibility index (Phi) is 3.46. The van der Waals surface area contributed by atoms with E-state index >= 15 is 0 Å². The number of carbonyl (C=O) groups excluding carboxylic acids is 1. The lowest BCUT2D eigenvalue weighted by Crippen LogP contribution is -2.19. The minimum atomic E-state index is -0.0793. The molecule has 0 saturated heterocycles. The van der Waals surface area contributed by atoms with Crippen LogP contribution in [0.1, 0.15) is 27.3 Å². The Balaban J connectivity index is 2.33. The normalized spacial score (nSPS) is 10.4. The molecule has 0 aliphatic rings.